The summed E-state index contributed by atoms with van der Waals surface area (Å²) in [5.74, 6) is 0.784. The Balaban J connectivity index is 2.05. The SMILES string of the molecule is Cc1cc(CNc2ccnn2C)ccc1F. The summed E-state index contributed by atoms with van der Waals surface area (Å²) in [6.45, 7) is 2.43. The molecule has 0 atom stereocenters. The molecule has 1 aromatic carbocycles. The molecule has 84 valence electrons. The zero-order valence-electron chi connectivity index (χ0n) is 9.37. The second-order valence-electron chi connectivity index (χ2n) is 3.78. The lowest BCUT2D eigenvalue weighted by Gasteiger charge is -2.07. The van der Waals surface area contributed by atoms with E-state index in [2.05, 4.69) is 10.4 Å². The van der Waals surface area contributed by atoms with E-state index in [0.717, 1.165) is 11.4 Å². The Morgan fingerprint density at radius 3 is 2.81 bits per heavy atom. The minimum Gasteiger partial charge on any atom is -0.366 e. The number of nitrogens with zero attached hydrogens (tertiary/aromatic N) is 2. The van der Waals surface area contributed by atoms with Crippen LogP contribution in [0.3, 0.4) is 0 Å². The van der Waals surface area contributed by atoms with Crippen molar-refractivity contribution in [3.63, 3.8) is 0 Å². The quantitative estimate of drug-likeness (QED) is 0.859. The van der Waals surface area contributed by atoms with Crippen molar-refractivity contribution in [2.24, 2.45) is 7.05 Å². The average molecular weight is 219 g/mol. The molecule has 3 nitrogen and oxygen atoms in total. The average Bonchev–Trinajstić information content (AvgIpc) is 2.66. The van der Waals surface area contributed by atoms with Gasteiger partial charge in [-0.1, -0.05) is 12.1 Å². The van der Waals surface area contributed by atoms with Gasteiger partial charge in [-0.05, 0) is 24.1 Å². The minimum atomic E-state index is -0.163. The molecular formula is C12H14FN3. The molecule has 2 rings (SSSR count). The van der Waals surface area contributed by atoms with Crippen molar-refractivity contribution in [1.29, 1.82) is 0 Å². The van der Waals surface area contributed by atoms with Gasteiger partial charge < -0.3 is 5.32 Å². The van der Waals surface area contributed by atoms with Gasteiger partial charge in [-0.25, -0.2) is 4.39 Å². The van der Waals surface area contributed by atoms with Crippen molar-refractivity contribution in [1.82, 2.24) is 9.78 Å². The van der Waals surface area contributed by atoms with Gasteiger partial charge in [0.15, 0.2) is 0 Å². The standard InChI is InChI=1S/C12H14FN3/c1-9-7-10(3-4-11(9)13)8-14-12-5-6-15-16(12)2/h3-7,14H,8H2,1-2H3. The maximum absolute atomic E-state index is 13.0. The van der Waals surface area contributed by atoms with Gasteiger partial charge in [0.05, 0.1) is 6.20 Å². The summed E-state index contributed by atoms with van der Waals surface area (Å²) in [7, 11) is 1.87. The second kappa shape index (κ2) is 4.35. The summed E-state index contributed by atoms with van der Waals surface area (Å²) in [6.07, 6.45) is 1.73. The molecule has 1 heterocycles. The highest BCUT2D eigenvalue weighted by molar-refractivity contribution is 5.35. The number of rotatable bonds is 3. The van der Waals surface area contributed by atoms with E-state index in [1.165, 1.54) is 6.07 Å². The number of aryl methyl sites for hydroxylation is 2. The summed E-state index contributed by atoms with van der Waals surface area (Å²) < 4.78 is 14.8. The van der Waals surface area contributed by atoms with Gasteiger partial charge in [-0.2, -0.15) is 5.10 Å². The molecular weight excluding hydrogens is 205 g/mol. The molecule has 0 fully saturated rings. The van der Waals surface area contributed by atoms with E-state index in [9.17, 15) is 4.39 Å². The van der Waals surface area contributed by atoms with Crippen LogP contribution in [-0.4, -0.2) is 9.78 Å². The molecule has 0 aliphatic heterocycles. The van der Waals surface area contributed by atoms with Crippen LogP contribution < -0.4 is 5.32 Å². The number of halogens is 1. The Kier molecular flexibility index (Phi) is 2.90. The summed E-state index contributed by atoms with van der Waals surface area (Å²) in [4.78, 5) is 0. The zero-order chi connectivity index (χ0) is 11.5. The first-order chi connectivity index (χ1) is 7.66. The summed E-state index contributed by atoms with van der Waals surface area (Å²) in [6, 6.07) is 7.02. The number of benzene rings is 1. The normalized spacial score (nSPS) is 10.4. The van der Waals surface area contributed by atoms with E-state index in [0.29, 0.717) is 12.1 Å². The van der Waals surface area contributed by atoms with Gasteiger partial charge in [-0.15, -0.1) is 0 Å². The van der Waals surface area contributed by atoms with Crippen molar-refractivity contribution in [2.45, 2.75) is 13.5 Å². The lowest BCUT2D eigenvalue weighted by molar-refractivity contribution is 0.617. The molecule has 0 saturated heterocycles. The number of nitrogens with one attached hydrogen (secondary N) is 1. The van der Waals surface area contributed by atoms with Gasteiger partial charge >= 0.3 is 0 Å². The zero-order valence-corrected chi connectivity index (χ0v) is 9.37. The number of hydrogen-bond acceptors (Lipinski definition) is 2. The molecule has 1 N–H and O–H groups in total. The van der Waals surface area contributed by atoms with Crippen LogP contribution in [0.5, 0.6) is 0 Å². The fraction of sp³-hybridized carbons (Fsp3) is 0.250. The smallest absolute Gasteiger partial charge is 0.126 e. The summed E-state index contributed by atoms with van der Waals surface area (Å²) >= 11 is 0. The molecule has 2 aromatic rings. The fourth-order valence-electron chi connectivity index (χ4n) is 1.56. The predicted molar refractivity (Wildman–Crippen MR) is 61.7 cm³/mol. The second-order valence-corrected chi connectivity index (χ2v) is 3.78. The van der Waals surface area contributed by atoms with Crippen LogP contribution in [0.25, 0.3) is 0 Å². The van der Waals surface area contributed by atoms with E-state index in [1.807, 2.05) is 19.2 Å². The highest BCUT2D eigenvalue weighted by Gasteiger charge is 2.00. The molecule has 0 radical (unpaired) electrons. The molecule has 1 aromatic heterocycles. The van der Waals surface area contributed by atoms with E-state index < -0.39 is 0 Å². The highest BCUT2D eigenvalue weighted by Crippen LogP contribution is 2.11. The molecule has 0 unspecified atom stereocenters. The molecule has 16 heavy (non-hydrogen) atoms. The predicted octanol–water partition coefficient (Wildman–Crippen LogP) is 2.48. The van der Waals surface area contributed by atoms with Crippen LogP contribution in [0, 0.1) is 12.7 Å². The molecule has 0 saturated carbocycles. The lowest BCUT2D eigenvalue weighted by Crippen LogP contribution is -2.04. The van der Waals surface area contributed by atoms with Crippen molar-refractivity contribution in [3.05, 3.63) is 47.4 Å². The number of hydrogen-bond donors (Lipinski definition) is 1. The van der Waals surface area contributed by atoms with Crippen LogP contribution in [0.2, 0.25) is 0 Å². The fourth-order valence-corrected chi connectivity index (χ4v) is 1.56. The Hall–Kier alpha value is -1.84. The van der Waals surface area contributed by atoms with Crippen molar-refractivity contribution < 1.29 is 4.39 Å². The Morgan fingerprint density at radius 2 is 2.19 bits per heavy atom. The van der Waals surface area contributed by atoms with Gasteiger partial charge in [0.1, 0.15) is 11.6 Å². The molecule has 0 aliphatic carbocycles. The molecule has 4 heteroatoms. The van der Waals surface area contributed by atoms with Gasteiger partial charge in [0, 0.05) is 19.7 Å². The highest BCUT2D eigenvalue weighted by atomic mass is 19.1. The maximum atomic E-state index is 13.0. The lowest BCUT2D eigenvalue weighted by atomic mass is 10.1. The van der Waals surface area contributed by atoms with Crippen LogP contribution in [0.1, 0.15) is 11.1 Å². The van der Waals surface area contributed by atoms with Crippen LogP contribution in [-0.2, 0) is 13.6 Å². The van der Waals surface area contributed by atoms with Gasteiger partial charge in [-0.3, -0.25) is 4.68 Å². The molecule has 0 bridgehead atoms. The Morgan fingerprint density at radius 1 is 1.38 bits per heavy atom. The first-order valence-electron chi connectivity index (χ1n) is 5.14. The van der Waals surface area contributed by atoms with Crippen molar-refractivity contribution >= 4 is 5.82 Å². The molecule has 0 aliphatic rings. The third-order valence-electron chi connectivity index (χ3n) is 2.52. The Bertz CT molecular complexity index is 491. The number of aromatic nitrogens is 2. The van der Waals surface area contributed by atoms with E-state index in [1.54, 1.807) is 23.9 Å². The van der Waals surface area contributed by atoms with Crippen LogP contribution in [0.15, 0.2) is 30.5 Å². The van der Waals surface area contributed by atoms with E-state index in [4.69, 9.17) is 0 Å². The first kappa shape index (κ1) is 10.7. The van der Waals surface area contributed by atoms with Crippen LogP contribution in [0.4, 0.5) is 10.2 Å². The minimum absolute atomic E-state index is 0.163. The van der Waals surface area contributed by atoms with Crippen molar-refractivity contribution in [2.75, 3.05) is 5.32 Å². The van der Waals surface area contributed by atoms with Crippen LogP contribution >= 0.6 is 0 Å². The first-order valence-corrected chi connectivity index (χ1v) is 5.14. The monoisotopic (exact) mass is 219 g/mol. The van der Waals surface area contributed by atoms with Gasteiger partial charge in [0.2, 0.25) is 0 Å². The molecule has 0 amide bonds. The topological polar surface area (TPSA) is 29.9 Å². The number of anilines is 1. The summed E-state index contributed by atoms with van der Waals surface area (Å²) in [5.41, 5.74) is 1.73. The largest absolute Gasteiger partial charge is 0.366 e. The maximum Gasteiger partial charge on any atom is 0.126 e. The third-order valence-corrected chi connectivity index (χ3v) is 2.52. The van der Waals surface area contributed by atoms with E-state index >= 15 is 0 Å². The molecule has 0 spiro atoms. The Labute approximate surface area is 93.9 Å². The van der Waals surface area contributed by atoms with E-state index in [-0.39, 0.29) is 5.82 Å². The third kappa shape index (κ3) is 2.21. The van der Waals surface area contributed by atoms with Crippen molar-refractivity contribution in [3.8, 4) is 0 Å². The van der Waals surface area contributed by atoms with Gasteiger partial charge in [0.25, 0.3) is 0 Å². The summed E-state index contributed by atoms with van der Waals surface area (Å²) in [5, 5.41) is 7.29.